The van der Waals surface area contributed by atoms with Crippen LogP contribution in [0.1, 0.15) is 24.8 Å². The molecule has 1 aromatic rings. The van der Waals surface area contributed by atoms with Crippen molar-refractivity contribution < 1.29 is 9.13 Å². The number of piperidine rings is 1. The van der Waals surface area contributed by atoms with Crippen molar-refractivity contribution >= 4 is 5.69 Å². The maximum Gasteiger partial charge on any atom is 0.124 e. The fourth-order valence-corrected chi connectivity index (χ4v) is 2.27. The number of anilines is 1. The first-order valence-corrected chi connectivity index (χ1v) is 7.05. The Morgan fingerprint density at radius 3 is 2.95 bits per heavy atom. The summed E-state index contributed by atoms with van der Waals surface area (Å²) in [6.45, 7) is 3.49. The van der Waals surface area contributed by atoms with Crippen molar-refractivity contribution in [2.24, 2.45) is 0 Å². The second-order valence-corrected chi connectivity index (χ2v) is 4.90. The second-order valence-electron chi connectivity index (χ2n) is 4.90. The van der Waals surface area contributed by atoms with Gasteiger partial charge in [-0.3, -0.25) is 0 Å². The number of nitrogens with zero attached hydrogens (tertiary/aromatic N) is 1. The molecule has 0 unspecified atom stereocenters. The van der Waals surface area contributed by atoms with E-state index in [9.17, 15) is 4.39 Å². The van der Waals surface area contributed by atoms with E-state index in [1.807, 2.05) is 6.07 Å². The van der Waals surface area contributed by atoms with Crippen molar-refractivity contribution in [1.29, 1.82) is 5.26 Å². The lowest BCUT2D eigenvalue weighted by molar-refractivity contribution is 0.0329. The summed E-state index contributed by atoms with van der Waals surface area (Å²) in [5.74, 6) is -0.388. The molecule has 0 atom stereocenters. The van der Waals surface area contributed by atoms with Gasteiger partial charge in [-0.1, -0.05) is 0 Å². The van der Waals surface area contributed by atoms with Gasteiger partial charge in [0.05, 0.1) is 17.4 Å². The van der Waals surface area contributed by atoms with Gasteiger partial charge < -0.3 is 15.4 Å². The smallest absolute Gasteiger partial charge is 0.124 e. The number of hydrogen-bond acceptors (Lipinski definition) is 4. The molecule has 20 heavy (non-hydrogen) atoms. The molecule has 1 saturated heterocycles. The number of hydrogen-bond donors (Lipinski definition) is 2. The van der Waals surface area contributed by atoms with Gasteiger partial charge in [-0.15, -0.1) is 0 Å². The van der Waals surface area contributed by atoms with Crippen molar-refractivity contribution in [3.8, 4) is 6.07 Å². The molecular weight excluding hydrogens is 257 g/mol. The Morgan fingerprint density at radius 1 is 1.40 bits per heavy atom. The summed E-state index contributed by atoms with van der Waals surface area (Å²) in [7, 11) is 0. The Kier molecular flexibility index (Phi) is 5.78. The first-order chi connectivity index (χ1) is 9.79. The number of ether oxygens (including phenoxy) is 1. The number of nitrogens with one attached hydrogen (secondary N) is 2. The second kappa shape index (κ2) is 7.83. The van der Waals surface area contributed by atoms with Crippen molar-refractivity contribution in [2.45, 2.75) is 25.4 Å². The molecule has 0 aromatic heterocycles. The first-order valence-electron chi connectivity index (χ1n) is 7.05. The zero-order valence-corrected chi connectivity index (χ0v) is 11.5. The minimum Gasteiger partial charge on any atom is -0.384 e. The molecule has 2 N–H and O–H groups in total. The van der Waals surface area contributed by atoms with Gasteiger partial charge >= 0.3 is 0 Å². The van der Waals surface area contributed by atoms with Crippen LogP contribution in [0.15, 0.2) is 18.2 Å². The zero-order valence-electron chi connectivity index (χ0n) is 11.5. The molecule has 2 rings (SSSR count). The molecule has 0 radical (unpaired) electrons. The average molecular weight is 277 g/mol. The normalized spacial score (nSPS) is 15.8. The third-order valence-electron chi connectivity index (χ3n) is 3.38. The Balaban J connectivity index is 1.67. The Hall–Kier alpha value is -1.64. The van der Waals surface area contributed by atoms with E-state index < -0.39 is 0 Å². The van der Waals surface area contributed by atoms with Crippen LogP contribution >= 0.6 is 0 Å². The summed E-state index contributed by atoms with van der Waals surface area (Å²) in [6, 6.07) is 6.19. The molecule has 108 valence electrons. The molecule has 0 amide bonds. The van der Waals surface area contributed by atoms with Gasteiger partial charge in [0.1, 0.15) is 11.9 Å². The summed E-state index contributed by atoms with van der Waals surface area (Å²) in [5, 5.41) is 15.4. The molecule has 0 spiro atoms. The lowest BCUT2D eigenvalue weighted by Crippen LogP contribution is -2.32. The number of benzene rings is 1. The highest BCUT2D eigenvalue weighted by atomic mass is 19.1. The van der Waals surface area contributed by atoms with Crippen LogP contribution in [0.5, 0.6) is 0 Å². The maximum atomic E-state index is 13.0. The van der Waals surface area contributed by atoms with Crippen molar-refractivity contribution in [2.75, 3.05) is 31.6 Å². The van der Waals surface area contributed by atoms with Crippen LogP contribution in [0, 0.1) is 17.1 Å². The fourth-order valence-electron chi connectivity index (χ4n) is 2.27. The lowest BCUT2D eigenvalue weighted by Gasteiger charge is -2.22. The van der Waals surface area contributed by atoms with E-state index in [2.05, 4.69) is 10.6 Å². The highest BCUT2D eigenvalue weighted by Crippen LogP contribution is 2.16. The van der Waals surface area contributed by atoms with Gasteiger partial charge in [0.2, 0.25) is 0 Å². The SMILES string of the molecule is N#Cc1cc(F)ccc1NCCCOC1CCNCC1. The van der Waals surface area contributed by atoms with Gasteiger partial charge in [-0.25, -0.2) is 4.39 Å². The summed E-state index contributed by atoms with van der Waals surface area (Å²) >= 11 is 0. The molecule has 5 heteroatoms. The standard InChI is InChI=1S/C15H20FN3O/c16-13-2-3-15(12(10-13)11-17)19-6-1-9-20-14-4-7-18-8-5-14/h2-3,10,14,18-19H,1,4-9H2. The van der Waals surface area contributed by atoms with Crippen LogP contribution in [0.2, 0.25) is 0 Å². The average Bonchev–Trinajstić information content (AvgIpc) is 2.49. The third kappa shape index (κ3) is 4.48. The molecule has 1 aliphatic heterocycles. The van der Waals surface area contributed by atoms with Crippen molar-refractivity contribution in [1.82, 2.24) is 5.32 Å². The largest absolute Gasteiger partial charge is 0.384 e. The van der Waals surface area contributed by atoms with Crippen molar-refractivity contribution in [3.05, 3.63) is 29.6 Å². The molecule has 1 aromatic carbocycles. The topological polar surface area (TPSA) is 57.1 Å². The molecule has 1 fully saturated rings. The monoisotopic (exact) mass is 277 g/mol. The fraction of sp³-hybridized carbons (Fsp3) is 0.533. The summed E-state index contributed by atoms with van der Waals surface area (Å²) in [5.41, 5.74) is 1.01. The molecular formula is C15H20FN3O. The summed E-state index contributed by atoms with van der Waals surface area (Å²) < 4.78 is 18.8. The maximum absolute atomic E-state index is 13.0. The predicted molar refractivity (Wildman–Crippen MR) is 76.1 cm³/mol. The molecule has 0 aliphatic carbocycles. The van der Waals surface area contributed by atoms with Crippen LogP contribution in [0.25, 0.3) is 0 Å². The molecule has 0 saturated carbocycles. The number of rotatable bonds is 6. The van der Waals surface area contributed by atoms with E-state index in [4.69, 9.17) is 10.00 Å². The van der Waals surface area contributed by atoms with Crippen LogP contribution in [-0.2, 0) is 4.74 Å². The van der Waals surface area contributed by atoms with E-state index in [-0.39, 0.29) is 5.82 Å². The van der Waals surface area contributed by atoms with Crippen molar-refractivity contribution in [3.63, 3.8) is 0 Å². The predicted octanol–water partition coefficient (Wildman–Crippen LogP) is 2.27. The van der Waals surface area contributed by atoms with E-state index in [0.717, 1.165) is 32.4 Å². The first kappa shape index (κ1) is 14.8. The quantitative estimate of drug-likeness (QED) is 0.783. The molecule has 4 nitrogen and oxygen atoms in total. The van der Waals surface area contributed by atoms with E-state index in [1.165, 1.54) is 12.1 Å². The van der Waals surface area contributed by atoms with Crippen LogP contribution in [0.4, 0.5) is 10.1 Å². The van der Waals surface area contributed by atoms with Crippen LogP contribution < -0.4 is 10.6 Å². The minimum absolute atomic E-state index is 0.337. The van der Waals surface area contributed by atoms with Gasteiger partial charge in [0.25, 0.3) is 0 Å². The minimum atomic E-state index is -0.388. The Morgan fingerprint density at radius 2 is 2.20 bits per heavy atom. The number of halogens is 1. The lowest BCUT2D eigenvalue weighted by atomic mass is 10.1. The van der Waals surface area contributed by atoms with Gasteiger partial charge in [-0.2, -0.15) is 5.26 Å². The van der Waals surface area contributed by atoms with Crippen LogP contribution in [0.3, 0.4) is 0 Å². The third-order valence-corrected chi connectivity index (χ3v) is 3.38. The summed E-state index contributed by atoms with van der Waals surface area (Å²) in [4.78, 5) is 0. The Labute approximate surface area is 118 Å². The van der Waals surface area contributed by atoms with Crippen LogP contribution in [-0.4, -0.2) is 32.3 Å². The highest BCUT2D eigenvalue weighted by molar-refractivity contribution is 5.57. The number of nitriles is 1. The summed E-state index contributed by atoms with van der Waals surface area (Å²) in [6.07, 6.45) is 3.39. The molecule has 0 bridgehead atoms. The highest BCUT2D eigenvalue weighted by Gasteiger charge is 2.12. The molecule has 1 aliphatic rings. The Bertz CT molecular complexity index is 467. The zero-order chi connectivity index (χ0) is 14.2. The van der Waals surface area contributed by atoms with Gasteiger partial charge in [-0.05, 0) is 50.6 Å². The van der Waals surface area contributed by atoms with E-state index in [1.54, 1.807) is 6.07 Å². The van der Waals surface area contributed by atoms with E-state index >= 15 is 0 Å². The van der Waals surface area contributed by atoms with Gasteiger partial charge in [0, 0.05) is 13.2 Å². The van der Waals surface area contributed by atoms with E-state index in [0.29, 0.717) is 30.5 Å². The van der Waals surface area contributed by atoms with Gasteiger partial charge in [0.15, 0.2) is 0 Å². The molecule has 1 heterocycles.